The summed E-state index contributed by atoms with van der Waals surface area (Å²) in [6, 6.07) is 17.1. The van der Waals surface area contributed by atoms with Crippen LogP contribution >= 0.6 is 22.9 Å². The first kappa shape index (κ1) is 21.7. The van der Waals surface area contributed by atoms with Crippen LogP contribution in [0.1, 0.15) is 40.2 Å². The summed E-state index contributed by atoms with van der Waals surface area (Å²) in [7, 11) is 0. The van der Waals surface area contributed by atoms with E-state index in [2.05, 4.69) is 10.4 Å². The van der Waals surface area contributed by atoms with Crippen LogP contribution in [0.25, 0.3) is 15.9 Å². The SMILES string of the molecule is Cc1nn(-c2ccccc2Cl)c2sc(C(=O)Nc3cccc(CN4CCCCC4=O)c3)cc12. The zero-order valence-corrected chi connectivity index (χ0v) is 19.7. The Morgan fingerprint density at radius 1 is 1.15 bits per heavy atom. The lowest BCUT2D eigenvalue weighted by Gasteiger charge is -2.26. The van der Waals surface area contributed by atoms with Gasteiger partial charge in [0.05, 0.1) is 21.3 Å². The first-order valence-electron chi connectivity index (χ1n) is 10.9. The van der Waals surface area contributed by atoms with Gasteiger partial charge >= 0.3 is 0 Å². The maximum Gasteiger partial charge on any atom is 0.265 e. The van der Waals surface area contributed by atoms with Gasteiger partial charge in [-0.15, -0.1) is 11.3 Å². The predicted octanol–water partition coefficient (Wildman–Crippen LogP) is 5.81. The van der Waals surface area contributed by atoms with E-state index < -0.39 is 0 Å². The maximum atomic E-state index is 13.0. The summed E-state index contributed by atoms with van der Waals surface area (Å²) in [4.78, 5) is 28.5. The molecule has 1 aliphatic rings. The predicted molar refractivity (Wildman–Crippen MR) is 132 cm³/mol. The van der Waals surface area contributed by atoms with E-state index in [1.54, 1.807) is 4.68 Å². The van der Waals surface area contributed by atoms with Gasteiger partial charge in [-0.3, -0.25) is 9.59 Å². The lowest BCUT2D eigenvalue weighted by atomic mass is 10.1. The molecule has 2 amide bonds. The second kappa shape index (κ2) is 9.00. The Morgan fingerprint density at radius 2 is 2.00 bits per heavy atom. The van der Waals surface area contributed by atoms with Crippen LogP contribution in [0.4, 0.5) is 5.69 Å². The number of nitrogens with zero attached hydrogens (tertiary/aromatic N) is 3. The molecule has 6 nitrogen and oxygen atoms in total. The van der Waals surface area contributed by atoms with Crippen LogP contribution in [0.2, 0.25) is 5.02 Å². The summed E-state index contributed by atoms with van der Waals surface area (Å²) in [6.07, 6.45) is 2.63. The zero-order chi connectivity index (χ0) is 22.9. The second-order valence-electron chi connectivity index (χ2n) is 8.21. The number of carbonyl (C=O) groups excluding carboxylic acids is 2. The molecule has 4 aromatic rings. The minimum atomic E-state index is -0.174. The molecular formula is C25H23ClN4O2S. The van der Waals surface area contributed by atoms with Gasteiger partial charge in [-0.2, -0.15) is 5.10 Å². The van der Waals surface area contributed by atoms with E-state index in [1.165, 1.54) is 11.3 Å². The van der Waals surface area contributed by atoms with Gasteiger partial charge in [0.25, 0.3) is 5.91 Å². The van der Waals surface area contributed by atoms with Crippen LogP contribution in [-0.4, -0.2) is 33.0 Å². The van der Waals surface area contributed by atoms with E-state index in [0.717, 1.165) is 46.5 Å². The number of carbonyl (C=O) groups is 2. The van der Waals surface area contributed by atoms with Crippen LogP contribution in [0, 0.1) is 6.92 Å². The van der Waals surface area contributed by atoms with Gasteiger partial charge in [0.1, 0.15) is 4.83 Å². The van der Waals surface area contributed by atoms with Crippen molar-refractivity contribution in [2.45, 2.75) is 32.7 Å². The van der Waals surface area contributed by atoms with Crippen LogP contribution in [0.5, 0.6) is 0 Å². The molecule has 0 bridgehead atoms. The van der Waals surface area contributed by atoms with E-state index in [1.807, 2.05) is 66.4 Å². The highest BCUT2D eigenvalue weighted by Crippen LogP contribution is 2.32. The molecule has 33 heavy (non-hydrogen) atoms. The Morgan fingerprint density at radius 3 is 2.82 bits per heavy atom. The molecule has 3 heterocycles. The first-order valence-corrected chi connectivity index (χ1v) is 12.1. The van der Waals surface area contributed by atoms with Crippen molar-refractivity contribution >= 4 is 50.7 Å². The Kier molecular flexibility index (Phi) is 5.91. The minimum absolute atomic E-state index is 0.174. The third kappa shape index (κ3) is 4.38. The van der Waals surface area contributed by atoms with Gasteiger partial charge in [0, 0.05) is 30.6 Å². The fourth-order valence-electron chi connectivity index (χ4n) is 4.14. The van der Waals surface area contributed by atoms with Gasteiger partial charge in [-0.05, 0) is 55.7 Å². The van der Waals surface area contributed by atoms with Crippen molar-refractivity contribution < 1.29 is 9.59 Å². The number of benzene rings is 2. The van der Waals surface area contributed by atoms with E-state index in [0.29, 0.717) is 28.6 Å². The fourth-order valence-corrected chi connectivity index (χ4v) is 5.42. The number of rotatable bonds is 5. The molecule has 0 atom stereocenters. The van der Waals surface area contributed by atoms with Gasteiger partial charge in [-0.1, -0.05) is 35.9 Å². The topological polar surface area (TPSA) is 67.2 Å². The lowest BCUT2D eigenvalue weighted by molar-refractivity contribution is -0.133. The quantitative estimate of drug-likeness (QED) is 0.393. The number of likely N-dealkylation sites (tertiary alicyclic amines) is 1. The summed E-state index contributed by atoms with van der Waals surface area (Å²) in [5, 5.41) is 9.15. The molecular weight excluding hydrogens is 456 g/mol. The molecule has 5 rings (SSSR count). The van der Waals surface area contributed by atoms with Crippen LogP contribution in [-0.2, 0) is 11.3 Å². The number of nitrogens with one attached hydrogen (secondary N) is 1. The first-order chi connectivity index (χ1) is 16.0. The van der Waals surface area contributed by atoms with Crippen molar-refractivity contribution in [1.29, 1.82) is 0 Å². The number of amides is 2. The van der Waals surface area contributed by atoms with Crippen molar-refractivity contribution in [3.05, 3.63) is 75.8 Å². The summed E-state index contributed by atoms with van der Waals surface area (Å²) in [5.41, 5.74) is 3.34. The molecule has 0 spiro atoms. The summed E-state index contributed by atoms with van der Waals surface area (Å²) in [6.45, 7) is 3.28. The number of piperidine rings is 1. The Labute approximate surface area is 200 Å². The number of halogens is 1. The summed E-state index contributed by atoms with van der Waals surface area (Å²) < 4.78 is 1.80. The average Bonchev–Trinajstić information content (AvgIpc) is 3.37. The van der Waals surface area contributed by atoms with E-state index in [9.17, 15) is 9.59 Å². The average molecular weight is 479 g/mol. The highest BCUT2D eigenvalue weighted by atomic mass is 35.5. The van der Waals surface area contributed by atoms with Gasteiger partial charge < -0.3 is 10.2 Å². The van der Waals surface area contributed by atoms with Crippen LogP contribution in [0.15, 0.2) is 54.6 Å². The number of para-hydroxylation sites is 1. The minimum Gasteiger partial charge on any atom is -0.338 e. The highest BCUT2D eigenvalue weighted by Gasteiger charge is 2.20. The largest absolute Gasteiger partial charge is 0.338 e. The second-order valence-corrected chi connectivity index (χ2v) is 9.64. The third-order valence-corrected chi connectivity index (χ3v) is 7.26. The fraction of sp³-hybridized carbons (Fsp3) is 0.240. The number of anilines is 1. The molecule has 1 aliphatic heterocycles. The molecule has 8 heteroatoms. The van der Waals surface area contributed by atoms with Crippen LogP contribution in [0.3, 0.4) is 0 Å². The molecule has 1 N–H and O–H groups in total. The third-order valence-electron chi connectivity index (χ3n) is 5.83. The molecule has 0 radical (unpaired) electrons. The van der Waals surface area contributed by atoms with Crippen molar-refractivity contribution in [3.63, 3.8) is 0 Å². The van der Waals surface area contributed by atoms with E-state index in [4.69, 9.17) is 11.6 Å². The van der Waals surface area contributed by atoms with E-state index in [-0.39, 0.29) is 11.8 Å². The Hall–Kier alpha value is -3.16. The van der Waals surface area contributed by atoms with Crippen LogP contribution < -0.4 is 5.32 Å². The molecule has 1 fully saturated rings. The molecule has 168 valence electrons. The number of aryl methyl sites for hydroxylation is 1. The molecule has 0 saturated carbocycles. The smallest absolute Gasteiger partial charge is 0.265 e. The van der Waals surface area contributed by atoms with Gasteiger partial charge in [-0.25, -0.2) is 4.68 Å². The number of hydrogen-bond acceptors (Lipinski definition) is 4. The van der Waals surface area contributed by atoms with Gasteiger partial charge in [0.2, 0.25) is 5.91 Å². The van der Waals surface area contributed by atoms with E-state index >= 15 is 0 Å². The summed E-state index contributed by atoms with van der Waals surface area (Å²) >= 11 is 7.76. The molecule has 0 aliphatic carbocycles. The van der Waals surface area contributed by atoms with Crippen molar-refractivity contribution in [2.75, 3.05) is 11.9 Å². The maximum absolute atomic E-state index is 13.0. The molecule has 1 saturated heterocycles. The number of aromatic nitrogens is 2. The normalized spacial score (nSPS) is 14.1. The zero-order valence-electron chi connectivity index (χ0n) is 18.2. The number of hydrogen-bond donors (Lipinski definition) is 1. The summed E-state index contributed by atoms with van der Waals surface area (Å²) in [5.74, 6) is 0.0244. The van der Waals surface area contributed by atoms with Crippen molar-refractivity contribution in [1.82, 2.24) is 14.7 Å². The Bertz CT molecular complexity index is 1360. The van der Waals surface area contributed by atoms with Gasteiger partial charge in [0.15, 0.2) is 0 Å². The Balaban J connectivity index is 1.37. The molecule has 2 aromatic carbocycles. The monoisotopic (exact) mass is 478 g/mol. The highest BCUT2D eigenvalue weighted by molar-refractivity contribution is 7.20. The standard InChI is InChI=1S/C25H23ClN4O2S/c1-16-19-14-22(33-25(19)30(28-16)21-10-3-2-9-20(21)26)24(32)27-18-8-6-7-17(13-18)15-29-12-5-4-11-23(29)31/h2-3,6-10,13-14H,4-5,11-12,15H2,1H3,(H,27,32). The molecule has 2 aromatic heterocycles. The van der Waals surface area contributed by atoms with Crippen molar-refractivity contribution in [3.8, 4) is 5.69 Å². The lowest BCUT2D eigenvalue weighted by Crippen LogP contribution is -2.34. The number of fused-ring (bicyclic) bond motifs is 1. The number of thiophene rings is 1. The van der Waals surface area contributed by atoms with Crippen molar-refractivity contribution in [2.24, 2.45) is 0 Å². The molecule has 0 unspecified atom stereocenters.